The zero-order valence-electron chi connectivity index (χ0n) is 7.50. The predicted molar refractivity (Wildman–Crippen MR) is 50.2 cm³/mol. The Morgan fingerprint density at radius 1 is 1.38 bits per heavy atom. The van der Waals surface area contributed by atoms with Crippen LogP contribution in [-0.2, 0) is 6.54 Å². The number of rotatable bonds is 3. The van der Waals surface area contributed by atoms with E-state index in [2.05, 4.69) is 4.98 Å². The molecule has 0 radical (unpaired) electrons. The number of halogens is 1. The summed E-state index contributed by atoms with van der Waals surface area (Å²) in [6.07, 6.45) is 1.57. The number of ether oxygens (including phenoxy) is 2. The van der Waals surface area contributed by atoms with Gasteiger partial charge in [-0.2, -0.15) is 0 Å². The van der Waals surface area contributed by atoms with Gasteiger partial charge >= 0.3 is 0 Å². The molecule has 1 aromatic heterocycles. The predicted octanol–water partition coefficient (Wildman–Crippen LogP) is 1.21. The molecule has 0 bridgehead atoms. The summed E-state index contributed by atoms with van der Waals surface area (Å²) in [7, 11) is 3.04. The molecule has 0 amide bonds. The summed E-state index contributed by atoms with van der Waals surface area (Å²) in [5.74, 6) is 0.970. The van der Waals surface area contributed by atoms with E-state index in [0.717, 1.165) is 5.56 Å². The van der Waals surface area contributed by atoms with E-state index in [4.69, 9.17) is 26.8 Å². The molecule has 4 nitrogen and oxygen atoms in total. The van der Waals surface area contributed by atoms with Crippen LogP contribution in [0.4, 0.5) is 0 Å². The largest absolute Gasteiger partial charge is 0.492 e. The zero-order chi connectivity index (χ0) is 9.84. The molecule has 5 heteroatoms. The molecule has 0 saturated carbocycles. The van der Waals surface area contributed by atoms with Crippen LogP contribution in [0.3, 0.4) is 0 Å². The van der Waals surface area contributed by atoms with E-state index >= 15 is 0 Å². The minimum absolute atomic E-state index is 0.275. The number of pyridine rings is 1. The lowest BCUT2D eigenvalue weighted by Crippen LogP contribution is -2.03. The summed E-state index contributed by atoms with van der Waals surface area (Å²) in [5.41, 5.74) is 6.25. The molecule has 0 aliphatic heterocycles. The molecule has 0 spiro atoms. The van der Waals surface area contributed by atoms with Gasteiger partial charge in [0.15, 0.2) is 16.7 Å². The Kier molecular flexibility index (Phi) is 3.33. The lowest BCUT2D eigenvalue weighted by molar-refractivity contribution is 0.350. The third kappa shape index (κ3) is 1.84. The molecular formula is C8H11ClN2O2. The maximum Gasteiger partial charge on any atom is 0.198 e. The Morgan fingerprint density at radius 2 is 2.00 bits per heavy atom. The zero-order valence-corrected chi connectivity index (χ0v) is 8.26. The van der Waals surface area contributed by atoms with E-state index in [0.29, 0.717) is 18.0 Å². The Hall–Kier alpha value is -1.00. The van der Waals surface area contributed by atoms with Crippen molar-refractivity contribution >= 4 is 11.6 Å². The molecule has 0 aliphatic carbocycles. The van der Waals surface area contributed by atoms with E-state index in [9.17, 15) is 0 Å². The molecule has 0 atom stereocenters. The number of hydrogen-bond acceptors (Lipinski definition) is 4. The van der Waals surface area contributed by atoms with Gasteiger partial charge in [-0.25, -0.2) is 4.98 Å². The van der Waals surface area contributed by atoms with Crippen molar-refractivity contribution in [3.63, 3.8) is 0 Å². The average Bonchev–Trinajstić information content (AvgIpc) is 2.17. The smallest absolute Gasteiger partial charge is 0.198 e. The Morgan fingerprint density at radius 3 is 2.46 bits per heavy atom. The van der Waals surface area contributed by atoms with Gasteiger partial charge in [0.1, 0.15) is 0 Å². The summed E-state index contributed by atoms with van der Waals surface area (Å²) in [4.78, 5) is 3.91. The minimum atomic E-state index is 0.275. The van der Waals surface area contributed by atoms with Crippen molar-refractivity contribution in [3.05, 3.63) is 16.9 Å². The van der Waals surface area contributed by atoms with Crippen LogP contribution in [0.1, 0.15) is 5.56 Å². The number of nitrogens with two attached hydrogens (primary N) is 1. The minimum Gasteiger partial charge on any atom is -0.492 e. The van der Waals surface area contributed by atoms with Gasteiger partial charge in [-0.1, -0.05) is 11.6 Å². The van der Waals surface area contributed by atoms with Crippen LogP contribution in [0.5, 0.6) is 11.5 Å². The summed E-state index contributed by atoms with van der Waals surface area (Å²) < 4.78 is 10.1. The quantitative estimate of drug-likeness (QED) is 0.749. The second kappa shape index (κ2) is 4.30. The first-order chi connectivity index (χ1) is 6.24. The fraction of sp³-hybridized carbons (Fsp3) is 0.375. The number of aromatic nitrogens is 1. The third-order valence-electron chi connectivity index (χ3n) is 1.65. The van der Waals surface area contributed by atoms with E-state index in [-0.39, 0.29) is 5.15 Å². The van der Waals surface area contributed by atoms with Gasteiger partial charge in [-0.3, -0.25) is 0 Å². The molecule has 0 aliphatic rings. The topological polar surface area (TPSA) is 57.4 Å². The van der Waals surface area contributed by atoms with Crippen LogP contribution in [-0.4, -0.2) is 19.2 Å². The summed E-state index contributed by atoms with van der Waals surface area (Å²) in [5, 5.41) is 0.275. The summed E-state index contributed by atoms with van der Waals surface area (Å²) >= 11 is 5.78. The van der Waals surface area contributed by atoms with Gasteiger partial charge in [0, 0.05) is 18.3 Å². The first kappa shape index (κ1) is 10.1. The van der Waals surface area contributed by atoms with Crippen molar-refractivity contribution in [2.45, 2.75) is 6.54 Å². The first-order valence-corrected chi connectivity index (χ1v) is 4.07. The molecule has 1 aromatic rings. The van der Waals surface area contributed by atoms with Crippen LogP contribution in [0.15, 0.2) is 6.20 Å². The average molecular weight is 203 g/mol. The van der Waals surface area contributed by atoms with Crippen molar-refractivity contribution in [3.8, 4) is 11.5 Å². The second-order valence-corrected chi connectivity index (χ2v) is 2.70. The molecule has 72 valence electrons. The van der Waals surface area contributed by atoms with Gasteiger partial charge in [0.25, 0.3) is 0 Å². The molecule has 13 heavy (non-hydrogen) atoms. The van der Waals surface area contributed by atoms with Gasteiger partial charge in [-0.15, -0.1) is 0 Å². The monoisotopic (exact) mass is 202 g/mol. The Balaban J connectivity index is 3.27. The van der Waals surface area contributed by atoms with Crippen molar-refractivity contribution in [1.82, 2.24) is 4.98 Å². The number of nitrogens with zero attached hydrogens (tertiary/aromatic N) is 1. The SMILES string of the molecule is COc1c(CN)cnc(Cl)c1OC. The van der Waals surface area contributed by atoms with Crippen LogP contribution >= 0.6 is 11.6 Å². The van der Waals surface area contributed by atoms with Gasteiger partial charge in [-0.05, 0) is 0 Å². The third-order valence-corrected chi connectivity index (χ3v) is 1.92. The van der Waals surface area contributed by atoms with Crippen molar-refractivity contribution in [1.29, 1.82) is 0 Å². The van der Waals surface area contributed by atoms with Gasteiger partial charge in [0.2, 0.25) is 0 Å². The lowest BCUT2D eigenvalue weighted by atomic mass is 10.2. The summed E-state index contributed by atoms with van der Waals surface area (Å²) in [6.45, 7) is 0.337. The van der Waals surface area contributed by atoms with Crippen molar-refractivity contribution in [2.24, 2.45) is 5.73 Å². The summed E-state index contributed by atoms with van der Waals surface area (Å²) in [6, 6.07) is 0. The van der Waals surface area contributed by atoms with Crippen molar-refractivity contribution in [2.75, 3.05) is 14.2 Å². The fourth-order valence-corrected chi connectivity index (χ4v) is 1.25. The number of hydrogen-bond donors (Lipinski definition) is 1. The van der Waals surface area contributed by atoms with Crippen LogP contribution in [0.25, 0.3) is 0 Å². The maximum atomic E-state index is 5.78. The van der Waals surface area contributed by atoms with Crippen LogP contribution < -0.4 is 15.2 Å². The van der Waals surface area contributed by atoms with Crippen LogP contribution in [0.2, 0.25) is 5.15 Å². The van der Waals surface area contributed by atoms with Crippen LogP contribution in [0, 0.1) is 0 Å². The fourth-order valence-electron chi connectivity index (χ4n) is 1.04. The Bertz CT molecular complexity index is 304. The Labute approximate surface area is 81.6 Å². The second-order valence-electron chi connectivity index (χ2n) is 2.34. The van der Waals surface area contributed by atoms with Gasteiger partial charge < -0.3 is 15.2 Å². The first-order valence-electron chi connectivity index (χ1n) is 3.70. The molecule has 0 aromatic carbocycles. The molecular weight excluding hydrogens is 192 g/mol. The molecule has 0 unspecified atom stereocenters. The highest BCUT2D eigenvalue weighted by molar-refractivity contribution is 6.31. The standard InChI is InChI=1S/C8H11ClN2O2/c1-12-6-5(3-10)4-11-8(9)7(6)13-2/h4H,3,10H2,1-2H3. The normalized spacial score (nSPS) is 9.85. The molecule has 2 N–H and O–H groups in total. The lowest BCUT2D eigenvalue weighted by Gasteiger charge is -2.11. The molecule has 1 rings (SSSR count). The van der Waals surface area contributed by atoms with E-state index in [1.807, 2.05) is 0 Å². The molecule has 0 fully saturated rings. The van der Waals surface area contributed by atoms with E-state index < -0.39 is 0 Å². The number of methoxy groups -OCH3 is 2. The van der Waals surface area contributed by atoms with E-state index in [1.165, 1.54) is 14.2 Å². The van der Waals surface area contributed by atoms with E-state index in [1.54, 1.807) is 6.20 Å². The molecule has 1 heterocycles. The van der Waals surface area contributed by atoms with Crippen molar-refractivity contribution < 1.29 is 9.47 Å². The molecule has 0 saturated heterocycles. The maximum absolute atomic E-state index is 5.78. The van der Waals surface area contributed by atoms with Gasteiger partial charge in [0.05, 0.1) is 14.2 Å². The highest BCUT2D eigenvalue weighted by atomic mass is 35.5. The highest BCUT2D eigenvalue weighted by Crippen LogP contribution is 2.35. The highest BCUT2D eigenvalue weighted by Gasteiger charge is 2.13.